The van der Waals surface area contributed by atoms with E-state index in [0.717, 1.165) is 53.6 Å². The number of piperazine rings is 1. The largest absolute Gasteiger partial charge is 0.395 e. The summed E-state index contributed by atoms with van der Waals surface area (Å²) in [6.07, 6.45) is 3.59. The number of nitrogens with zero attached hydrogens (tertiary/aromatic N) is 5. The summed E-state index contributed by atoms with van der Waals surface area (Å²) < 4.78 is 1.98. The molecule has 1 fully saturated rings. The van der Waals surface area contributed by atoms with Gasteiger partial charge in [-0.3, -0.25) is 4.40 Å². The van der Waals surface area contributed by atoms with E-state index in [1.165, 1.54) is 11.1 Å². The Labute approximate surface area is 174 Å². The van der Waals surface area contributed by atoms with E-state index in [9.17, 15) is 5.11 Å². The molecule has 0 radical (unpaired) electrons. The van der Waals surface area contributed by atoms with Crippen LogP contribution in [0.2, 0.25) is 0 Å². The second kappa shape index (κ2) is 7.55. The molecule has 1 atom stereocenters. The van der Waals surface area contributed by atoms with Gasteiger partial charge in [-0.1, -0.05) is 18.2 Å². The maximum atomic E-state index is 9.49. The van der Waals surface area contributed by atoms with E-state index in [1.54, 1.807) is 6.33 Å². The first kappa shape index (κ1) is 18.8. The molecule has 0 aliphatic carbocycles. The molecule has 0 bridgehead atoms. The molecule has 1 aromatic carbocycles. The molecule has 1 saturated heterocycles. The number of rotatable bonds is 4. The monoisotopic (exact) mass is 403 g/mol. The summed E-state index contributed by atoms with van der Waals surface area (Å²) in [5.41, 5.74) is 5.84. The highest BCUT2D eigenvalue weighted by Crippen LogP contribution is 2.28. The van der Waals surface area contributed by atoms with E-state index < -0.39 is 0 Å². The molecular formula is C22H25N7O. The molecule has 0 saturated carbocycles. The fraction of sp³-hybridized carbons (Fsp3) is 0.318. The summed E-state index contributed by atoms with van der Waals surface area (Å²) in [5.74, 6) is 1.64. The molecule has 1 aliphatic heterocycles. The lowest BCUT2D eigenvalue weighted by Crippen LogP contribution is -2.52. The number of imidazole rings is 1. The van der Waals surface area contributed by atoms with Crippen LogP contribution in [0.1, 0.15) is 11.1 Å². The summed E-state index contributed by atoms with van der Waals surface area (Å²) in [5, 5.41) is 16.3. The van der Waals surface area contributed by atoms with Gasteiger partial charge in [0, 0.05) is 31.4 Å². The van der Waals surface area contributed by atoms with Crippen LogP contribution in [0.15, 0.2) is 42.9 Å². The Morgan fingerprint density at radius 2 is 2.00 bits per heavy atom. The standard InChI is InChI=1S/C22H25N7O/c1-14-4-3-5-15(2)20(14)27-21-18-10-23-13-29(18)22-17(25-21)6-7-19(26-22)28-9-8-24-16(11-28)12-30/h3-7,10,13,16,24,30H,8-9,11-12H2,1-2H3,(H,25,27)/t16-/m1/s1. The quantitative estimate of drug-likeness (QED) is 0.482. The van der Waals surface area contributed by atoms with E-state index in [-0.39, 0.29) is 12.6 Å². The minimum Gasteiger partial charge on any atom is -0.395 e. The number of aromatic nitrogens is 4. The Morgan fingerprint density at radius 3 is 2.80 bits per heavy atom. The molecule has 1 aliphatic rings. The van der Waals surface area contributed by atoms with E-state index >= 15 is 0 Å². The molecule has 0 amide bonds. The van der Waals surface area contributed by atoms with E-state index in [0.29, 0.717) is 0 Å². The smallest absolute Gasteiger partial charge is 0.166 e. The van der Waals surface area contributed by atoms with Gasteiger partial charge in [-0.05, 0) is 37.1 Å². The van der Waals surface area contributed by atoms with Crippen molar-refractivity contribution in [2.24, 2.45) is 0 Å². The number of aryl methyl sites for hydroxylation is 2. The van der Waals surface area contributed by atoms with Crippen LogP contribution in [0.25, 0.3) is 16.7 Å². The number of aliphatic hydroxyl groups is 1. The third kappa shape index (κ3) is 3.24. The fourth-order valence-electron chi connectivity index (χ4n) is 4.07. The zero-order chi connectivity index (χ0) is 20.7. The van der Waals surface area contributed by atoms with Crippen LogP contribution in [-0.2, 0) is 0 Å². The topological polar surface area (TPSA) is 90.6 Å². The highest BCUT2D eigenvalue weighted by atomic mass is 16.3. The molecule has 5 rings (SSSR count). The van der Waals surface area contributed by atoms with Gasteiger partial charge in [0.1, 0.15) is 23.2 Å². The Morgan fingerprint density at radius 1 is 1.17 bits per heavy atom. The summed E-state index contributed by atoms with van der Waals surface area (Å²) in [6, 6.07) is 10.3. The number of hydrogen-bond donors (Lipinski definition) is 3. The van der Waals surface area contributed by atoms with Gasteiger partial charge in [0.15, 0.2) is 11.5 Å². The highest BCUT2D eigenvalue weighted by molar-refractivity contribution is 5.85. The SMILES string of the molecule is Cc1cccc(C)c1Nc1nc2ccc(N3CCN[C@@H](CO)C3)nc2n2cncc12. The van der Waals surface area contributed by atoms with Gasteiger partial charge in [-0.25, -0.2) is 15.0 Å². The van der Waals surface area contributed by atoms with Crippen molar-refractivity contribution >= 4 is 34.0 Å². The number of nitrogens with one attached hydrogen (secondary N) is 2. The predicted molar refractivity (Wildman–Crippen MR) is 119 cm³/mol. The minimum absolute atomic E-state index is 0.0616. The number of hydrogen-bond acceptors (Lipinski definition) is 7. The molecule has 3 N–H and O–H groups in total. The summed E-state index contributed by atoms with van der Waals surface area (Å²) >= 11 is 0. The third-order valence-electron chi connectivity index (χ3n) is 5.71. The van der Waals surface area contributed by atoms with Gasteiger partial charge >= 0.3 is 0 Å². The van der Waals surface area contributed by atoms with Crippen molar-refractivity contribution < 1.29 is 5.11 Å². The number of fused-ring (bicyclic) bond motifs is 3. The Balaban J connectivity index is 1.58. The van der Waals surface area contributed by atoms with E-state index in [2.05, 4.69) is 52.6 Å². The van der Waals surface area contributed by atoms with E-state index in [1.807, 2.05) is 22.7 Å². The summed E-state index contributed by atoms with van der Waals surface area (Å²) in [7, 11) is 0. The van der Waals surface area contributed by atoms with Crippen LogP contribution in [-0.4, -0.2) is 56.7 Å². The first-order valence-electron chi connectivity index (χ1n) is 10.2. The second-order valence-corrected chi connectivity index (χ2v) is 7.79. The number of aliphatic hydroxyl groups excluding tert-OH is 1. The summed E-state index contributed by atoms with van der Waals surface area (Å²) in [4.78, 5) is 16.3. The Hall–Kier alpha value is -3.23. The number of pyridine rings is 1. The lowest BCUT2D eigenvalue weighted by molar-refractivity contribution is 0.235. The van der Waals surface area contributed by atoms with Crippen molar-refractivity contribution in [2.75, 3.05) is 36.5 Å². The van der Waals surface area contributed by atoms with Crippen molar-refractivity contribution in [3.8, 4) is 0 Å². The zero-order valence-electron chi connectivity index (χ0n) is 17.1. The van der Waals surface area contributed by atoms with Crippen molar-refractivity contribution in [3.63, 3.8) is 0 Å². The van der Waals surface area contributed by atoms with Gasteiger partial charge in [-0.2, -0.15) is 0 Å². The first-order valence-corrected chi connectivity index (χ1v) is 10.2. The third-order valence-corrected chi connectivity index (χ3v) is 5.71. The van der Waals surface area contributed by atoms with Crippen LogP contribution in [0, 0.1) is 13.8 Å². The van der Waals surface area contributed by atoms with E-state index in [4.69, 9.17) is 9.97 Å². The van der Waals surface area contributed by atoms with Crippen molar-refractivity contribution in [1.29, 1.82) is 0 Å². The van der Waals surface area contributed by atoms with Gasteiger partial charge in [0.25, 0.3) is 0 Å². The van der Waals surface area contributed by atoms with Crippen molar-refractivity contribution in [3.05, 3.63) is 54.0 Å². The average Bonchev–Trinajstić information content (AvgIpc) is 3.27. The number of para-hydroxylation sites is 1. The minimum atomic E-state index is 0.0616. The highest BCUT2D eigenvalue weighted by Gasteiger charge is 2.21. The normalized spacial score (nSPS) is 17.0. The molecule has 154 valence electrons. The molecule has 8 heteroatoms. The van der Waals surface area contributed by atoms with Crippen LogP contribution < -0.4 is 15.5 Å². The number of benzene rings is 1. The molecule has 4 aromatic rings. The summed E-state index contributed by atoms with van der Waals surface area (Å²) in [6.45, 7) is 6.69. The molecule has 3 aromatic heterocycles. The van der Waals surface area contributed by atoms with Gasteiger partial charge < -0.3 is 20.6 Å². The van der Waals surface area contributed by atoms with Crippen molar-refractivity contribution in [1.82, 2.24) is 24.7 Å². The zero-order valence-corrected chi connectivity index (χ0v) is 17.1. The predicted octanol–water partition coefficient (Wildman–Crippen LogP) is 2.41. The number of anilines is 3. The lowest BCUT2D eigenvalue weighted by atomic mass is 10.1. The van der Waals surface area contributed by atoms with Gasteiger partial charge in [0.05, 0.1) is 12.8 Å². The first-order chi connectivity index (χ1) is 14.6. The molecule has 0 spiro atoms. The van der Waals surface area contributed by atoms with Crippen molar-refractivity contribution in [2.45, 2.75) is 19.9 Å². The second-order valence-electron chi connectivity index (χ2n) is 7.79. The average molecular weight is 403 g/mol. The fourth-order valence-corrected chi connectivity index (χ4v) is 4.07. The molecular weight excluding hydrogens is 378 g/mol. The Kier molecular flexibility index (Phi) is 4.72. The maximum Gasteiger partial charge on any atom is 0.166 e. The molecule has 30 heavy (non-hydrogen) atoms. The Bertz CT molecular complexity index is 1200. The van der Waals surface area contributed by atoms with Crippen LogP contribution in [0.4, 0.5) is 17.3 Å². The maximum absolute atomic E-state index is 9.49. The van der Waals surface area contributed by atoms with Gasteiger partial charge in [-0.15, -0.1) is 0 Å². The lowest BCUT2D eigenvalue weighted by Gasteiger charge is -2.33. The molecule has 8 nitrogen and oxygen atoms in total. The van der Waals surface area contributed by atoms with Gasteiger partial charge in [0.2, 0.25) is 0 Å². The van der Waals surface area contributed by atoms with Crippen LogP contribution in [0.5, 0.6) is 0 Å². The van der Waals surface area contributed by atoms with Crippen LogP contribution >= 0.6 is 0 Å². The van der Waals surface area contributed by atoms with Crippen LogP contribution in [0.3, 0.4) is 0 Å². The molecule has 0 unspecified atom stereocenters. The molecule has 4 heterocycles.